The van der Waals surface area contributed by atoms with Crippen LogP contribution in [0.15, 0.2) is 30.5 Å². The molecular weight excluding hydrogens is 214 g/mol. The van der Waals surface area contributed by atoms with Crippen LogP contribution in [0.1, 0.15) is 22.9 Å². The first-order valence-electron chi connectivity index (χ1n) is 5.51. The summed E-state index contributed by atoms with van der Waals surface area (Å²) in [5, 5.41) is 4.33. The summed E-state index contributed by atoms with van der Waals surface area (Å²) in [4.78, 5) is 0. The van der Waals surface area contributed by atoms with Gasteiger partial charge in [0.05, 0.1) is 18.8 Å². The lowest BCUT2D eigenvalue weighted by Crippen LogP contribution is -2.14. The highest BCUT2D eigenvalue weighted by Crippen LogP contribution is 2.24. The number of aromatic nitrogens is 2. The van der Waals surface area contributed by atoms with Crippen LogP contribution in [0.5, 0.6) is 5.75 Å². The van der Waals surface area contributed by atoms with E-state index in [1.807, 2.05) is 44.4 Å². The minimum atomic E-state index is -0.192. The maximum absolute atomic E-state index is 6.21. The van der Waals surface area contributed by atoms with E-state index in [1.165, 1.54) is 0 Å². The highest BCUT2D eigenvalue weighted by Gasteiger charge is 2.14. The highest BCUT2D eigenvalue weighted by atomic mass is 16.5. The molecule has 2 N–H and O–H groups in total. The second kappa shape index (κ2) is 4.59. The second-order valence-corrected chi connectivity index (χ2v) is 4.11. The largest absolute Gasteiger partial charge is 0.497 e. The molecule has 0 fully saturated rings. The van der Waals surface area contributed by atoms with Gasteiger partial charge in [-0.05, 0) is 36.2 Å². The number of methoxy groups -OCH3 is 1. The molecule has 1 aromatic carbocycles. The van der Waals surface area contributed by atoms with Crippen molar-refractivity contribution in [3.63, 3.8) is 0 Å². The number of nitrogens with two attached hydrogens (primary N) is 1. The number of hydrogen-bond donors (Lipinski definition) is 1. The molecule has 0 radical (unpaired) electrons. The summed E-state index contributed by atoms with van der Waals surface area (Å²) in [6.07, 6.45) is 1.90. The fourth-order valence-electron chi connectivity index (χ4n) is 1.88. The Morgan fingerprint density at radius 1 is 1.35 bits per heavy atom. The zero-order chi connectivity index (χ0) is 12.4. The Labute approximate surface area is 101 Å². The molecule has 4 nitrogen and oxygen atoms in total. The van der Waals surface area contributed by atoms with Gasteiger partial charge in [-0.15, -0.1) is 0 Å². The topological polar surface area (TPSA) is 53.1 Å². The second-order valence-electron chi connectivity index (χ2n) is 4.11. The lowest BCUT2D eigenvalue weighted by molar-refractivity contribution is 0.414. The highest BCUT2D eigenvalue weighted by molar-refractivity contribution is 5.39. The third-order valence-corrected chi connectivity index (χ3v) is 2.86. The van der Waals surface area contributed by atoms with Crippen molar-refractivity contribution in [1.29, 1.82) is 0 Å². The van der Waals surface area contributed by atoms with Gasteiger partial charge in [0, 0.05) is 13.2 Å². The Morgan fingerprint density at radius 2 is 2.12 bits per heavy atom. The molecule has 0 aliphatic carbocycles. The van der Waals surface area contributed by atoms with Crippen molar-refractivity contribution >= 4 is 0 Å². The summed E-state index contributed by atoms with van der Waals surface area (Å²) in [5.74, 6) is 0.847. The summed E-state index contributed by atoms with van der Waals surface area (Å²) in [5.41, 5.74) is 9.27. The molecule has 4 heteroatoms. The molecule has 90 valence electrons. The van der Waals surface area contributed by atoms with Gasteiger partial charge in [-0.3, -0.25) is 4.68 Å². The molecule has 0 aliphatic rings. The van der Waals surface area contributed by atoms with E-state index in [0.29, 0.717) is 0 Å². The number of ether oxygens (including phenoxy) is 1. The molecule has 1 unspecified atom stereocenters. The van der Waals surface area contributed by atoms with Crippen molar-refractivity contribution in [2.75, 3.05) is 7.11 Å². The summed E-state index contributed by atoms with van der Waals surface area (Å²) in [7, 11) is 3.55. The molecule has 0 spiro atoms. The minimum Gasteiger partial charge on any atom is -0.497 e. The number of aryl methyl sites for hydroxylation is 2. The fraction of sp³-hybridized carbons (Fsp3) is 0.308. The summed E-state index contributed by atoms with van der Waals surface area (Å²) in [6.45, 7) is 2.03. The SMILES string of the molecule is COc1ccc(C(N)c2ccn(C)n2)c(C)c1. The smallest absolute Gasteiger partial charge is 0.119 e. The van der Waals surface area contributed by atoms with Gasteiger partial charge in [0.25, 0.3) is 0 Å². The molecule has 1 atom stereocenters. The third kappa shape index (κ3) is 2.31. The van der Waals surface area contributed by atoms with Crippen molar-refractivity contribution in [1.82, 2.24) is 9.78 Å². The standard InChI is InChI=1S/C13H17N3O/c1-9-8-10(17-3)4-5-11(9)13(14)12-6-7-16(2)15-12/h4-8,13H,14H2,1-3H3. The van der Waals surface area contributed by atoms with Gasteiger partial charge in [0.15, 0.2) is 0 Å². The zero-order valence-electron chi connectivity index (χ0n) is 10.3. The van der Waals surface area contributed by atoms with Crippen LogP contribution in [0.3, 0.4) is 0 Å². The van der Waals surface area contributed by atoms with Crippen LogP contribution in [0.2, 0.25) is 0 Å². The van der Waals surface area contributed by atoms with Crippen molar-refractivity contribution < 1.29 is 4.74 Å². The quantitative estimate of drug-likeness (QED) is 0.876. The molecule has 1 heterocycles. The van der Waals surface area contributed by atoms with E-state index in [2.05, 4.69) is 5.10 Å². The molecule has 17 heavy (non-hydrogen) atoms. The summed E-state index contributed by atoms with van der Waals surface area (Å²) >= 11 is 0. The molecule has 0 amide bonds. The average Bonchev–Trinajstić information content (AvgIpc) is 2.75. The molecule has 1 aromatic heterocycles. The van der Waals surface area contributed by atoms with E-state index in [9.17, 15) is 0 Å². The lowest BCUT2D eigenvalue weighted by Gasteiger charge is -2.13. The zero-order valence-corrected chi connectivity index (χ0v) is 10.3. The van der Waals surface area contributed by atoms with E-state index >= 15 is 0 Å². The Kier molecular flexibility index (Phi) is 3.15. The molecule has 0 bridgehead atoms. The number of benzene rings is 1. The molecule has 2 aromatic rings. The van der Waals surface area contributed by atoms with Crippen LogP contribution in [0.4, 0.5) is 0 Å². The molecule has 0 aliphatic heterocycles. The molecule has 0 saturated carbocycles. The first-order valence-corrected chi connectivity index (χ1v) is 5.51. The van der Waals surface area contributed by atoms with E-state index in [4.69, 9.17) is 10.5 Å². The Hall–Kier alpha value is -1.81. The van der Waals surface area contributed by atoms with Gasteiger partial charge in [0.1, 0.15) is 5.75 Å². The van der Waals surface area contributed by atoms with Crippen LogP contribution in [0.25, 0.3) is 0 Å². The predicted molar refractivity (Wildman–Crippen MR) is 67.0 cm³/mol. The monoisotopic (exact) mass is 231 g/mol. The fourth-order valence-corrected chi connectivity index (χ4v) is 1.88. The Morgan fingerprint density at radius 3 is 2.65 bits per heavy atom. The lowest BCUT2D eigenvalue weighted by atomic mass is 9.99. The van der Waals surface area contributed by atoms with Gasteiger partial charge in [-0.2, -0.15) is 5.10 Å². The van der Waals surface area contributed by atoms with Crippen molar-refractivity contribution in [3.05, 3.63) is 47.3 Å². The average molecular weight is 231 g/mol. The van der Waals surface area contributed by atoms with Crippen LogP contribution in [-0.2, 0) is 7.05 Å². The molecule has 0 saturated heterocycles. The molecule has 2 rings (SSSR count). The van der Waals surface area contributed by atoms with Crippen LogP contribution in [-0.4, -0.2) is 16.9 Å². The van der Waals surface area contributed by atoms with Crippen LogP contribution in [0, 0.1) is 6.92 Å². The Balaban J connectivity index is 2.34. The summed E-state index contributed by atoms with van der Waals surface area (Å²) in [6, 6.07) is 7.65. The van der Waals surface area contributed by atoms with Gasteiger partial charge in [-0.1, -0.05) is 6.07 Å². The predicted octanol–water partition coefficient (Wildman–Crippen LogP) is 1.79. The number of rotatable bonds is 3. The first kappa shape index (κ1) is 11.7. The van der Waals surface area contributed by atoms with Crippen molar-refractivity contribution in [3.8, 4) is 5.75 Å². The third-order valence-electron chi connectivity index (χ3n) is 2.86. The first-order chi connectivity index (χ1) is 8.11. The van der Waals surface area contributed by atoms with E-state index in [0.717, 1.165) is 22.6 Å². The molecular formula is C13H17N3O. The van der Waals surface area contributed by atoms with E-state index < -0.39 is 0 Å². The maximum Gasteiger partial charge on any atom is 0.119 e. The maximum atomic E-state index is 6.21. The summed E-state index contributed by atoms with van der Waals surface area (Å²) < 4.78 is 6.94. The van der Waals surface area contributed by atoms with Crippen LogP contribution >= 0.6 is 0 Å². The van der Waals surface area contributed by atoms with E-state index in [-0.39, 0.29) is 6.04 Å². The van der Waals surface area contributed by atoms with Crippen molar-refractivity contribution in [2.45, 2.75) is 13.0 Å². The van der Waals surface area contributed by atoms with Gasteiger partial charge >= 0.3 is 0 Å². The van der Waals surface area contributed by atoms with Gasteiger partial charge < -0.3 is 10.5 Å². The minimum absolute atomic E-state index is 0.192. The van der Waals surface area contributed by atoms with Crippen molar-refractivity contribution in [2.24, 2.45) is 12.8 Å². The van der Waals surface area contributed by atoms with Gasteiger partial charge in [-0.25, -0.2) is 0 Å². The number of nitrogens with zero attached hydrogens (tertiary/aromatic N) is 2. The van der Waals surface area contributed by atoms with Gasteiger partial charge in [0.2, 0.25) is 0 Å². The normalized spacial score (nSPS) is 12.5. The van der Waals surface area contributed by atoms with E-state index in [1.54, 1.807) is 11.8 Å². The Bertz CT molecular complexity index is 519. The van der Waals surface area contributed by atoms with Crippen LogP contribution < -0.4 is 10.5 Å². The number of hydrogen-bond acceptors (Lipinski definition) is 3.